The van der Waals surface area contributed by atoms with E-state index in [1.807, 2.05) is 0 Å². The van der Waals surface area contributed by atoms with E-state index in [0.29, 0.717) is 12.8 Å². The first-order valence-corrected chi connectivity index (χ1v) is 27.1. The van der Waals surface area contributed by atoms with Crippen molar-refractivity contribution in [2.75, 3.05) is 6.61 Å². The topological polar surface area (TPSA) is 226 Å². The van der Waals surface area contributed by atoms with Crippen LogP contribution in [0.2, 0.25) is 0 Å². The number of aliphatic hydroxyl groups excluding tert-OH is 7. The van der Waals surface area contributed by atoms with E-state index in [9.17, 15) is 50.0 Å². The SMILES string of the molecule is CCCCCCCCCCCCCCCCCCCCCCC(O)C(=O)N[C@@H](COP(=O)(O)OC1C(O)C(O)C(O)[C@@H](O)C1O)[C@H](O)CCCCCCCCCCCCCCC. The predicted molar refractivity (Wildman–Crippen MR) is 248 cm³/mol. The summed E-state index contributed by atoms with van der Waals surface area (Å²) in [6.07, 6.45) is 26.1. The minimum atomic E-state index is -5.13. The van der Waals surface area contributed by atoms with Gasteiger partial charge in [0.1, 0.15) is 42.7 Å². The smallest absolute Gasteiger partial charge is 0.391 e. The number of hydrogen-bond acceptors (Lipinski definition) is 11. The summed E-state index contributed by atoms with van der Waals surface area (Å²) in [7, 11) is -5.13. The zero-order valence-corrected chi connectivity index (χ0v) is 40.2. The molecule has 1 aliphatic rings. The molecule has 7 unspecified atom stereocenters. The number of amides is 1. The summed E-state index contributed by atoms with van der Waals surface area (Å²) in [5.41, 5.74) is 0. The Morgan fingerprint density at radius 3 is 1.11 bits per heavy atom. The van der Waals surface area contributed by atoms with Crippen molar-refractivity contribution >= 4 is 13.7 Å². The number of phosphoric ester groups is 1. The second-order valence-corrected chi connectivity index (χ2v) is 19.9. The molecule has 1 amide bonds. The summed E-state index contributed by atoms with van der Waals surface area (Å²) in [6.45, 7) is 3.78. The summed E-state index contributed by atoms with van der Waals surface area (Å²) in [6, 6.07) is -1.20. The van der Waals surface area contributed by atoms with Crippen molar-refractivity contribution in [1.29, 1.82) is 0 Å². The first kappa shape index (κ1) is 59.3. The average molecular weight is 910 g/mol. The Morgan fingerprint density at radius 2 is 0.774 bits per heavy atom. The van der Waals surface area contributed by atoms with Crippen molar-refractivity contribution in [3.05, 3.63) is 0 Å². The normalized spacial score (nSPS) is 22.9. The number of unbranched alkanes of at least 4 members (excludes halogenated alkanes) is 31. The van der Waals surface area contributed by atoms with Crippen molar-refractivity contribution in [2.24, 2.45) is 0 Å². The van der Waals surface area contributed by atoms with E-state index in [0.717, 1.165) is 44.9 Å². The van der Waals surface area contributed by atoms with Gasteiger partial charge in [0.05, 0.1) is 18.8 Å². The van der Waals surface area contributed by atoms with Crippen molar-refractivity contribution in [1.82, 2.24) is 5.32 Å². The first-order chi connectivity index (χ1) is 29.9. The zero-order chi connectivity index (χ0) is 45.9. The Morgan fingerprint density at radius 1 is 0.484 bits per heavy atom. The molecule has 0 saturated heterocycles. The van der Waals surface area contributed by atoms with Gasteiger partial charge >= 0.3 is 7.82 Å². The van der Waals surface area contributed by atoms with Crippen LogP contribution in [0.4, 0.5) is 0 Å². The predicted octanol–water partition coefficient (Wildman–Crippen LogP) is 9.21. The van der Waals surface area contributed by atoms with Crippen LogP contribution >= 0.6 is 7.82 Å². The van der Waals surface area contributed by atoms with Crippen molar-refractivity contribution in [2.45, 2.75) is 293 Å². The van der Waals surface area contributed by atoms with E-state index in [4.69, 9.17) is 9.05 Å². The number of rotatable bonds is 43. The second-order valence-electron chi connectivity index (χ2n) is 18.5. The lowest BCUT2D eigenvalue weighted by Gasteiger charge is -2.41. The molecule has 0 aromatic carbocycles. The fourth-order valence-electron chi connectivity index (χ4n) is 8.50. The van der Waals surface area contributed by atoms with Gasteiger partial charge in [-0.25, -0.2) is 4.57 Å². The molecule has 10 atom stereocenters. The van der Waals surface area contributed by atoms with Crippen molar-refractivity contribution in [3.63, 3.8) is 0 Å². The molecular formula is C48H96NO12P. The van der Waals surface area contributed by atoms with Gasteiger partial charge in [-0.15, -0.1) is 0 Å². The van der Waals surface area contributed by atoms with Gasteiger partial charge in [-0.05, 0) is 12.8 Å². The van der Waals surface area contributed by atoms with Crippen LogP contribution in [0.25, 0.3) is 0 Å². The maximum atomic E-state index is 13.1. The maximum Gasteiger partial charge on any atom is 0.472 e. The molecule has 9 N–H and O–H groups in total. The third-order valence-electron chi connectivity index (χ3n) is 12.8. The van der Waals surface area contributed by atoms with Gasteiger partial charge in [0.15, 0.2) is 0 Å². The third-order valence-corrected chi connectivity index (χ3v) is 13.8. The molecule has 0 aromatic heterocycles. The molecule has 0 spiro atoms. The van der Waals surface area contributed by atoms with Gasteiger partial charge in [-0.2, -0.15) is 0 Å². The number of nitrogens with one attached hydrogen (secondary N) is 1. The van der Waals surface area contributed by atoms with Crippen LogP contribution in [-0.2, 0) is 18.4 Å². The van der Waals surface area contributed by atoms with Crippen LogP contribution in [0.5, 0.6) is 0 Å². The van der Waals surface area contributed by atoms with Crippen molar-refractivity contribution < 1.29 is 59.0 Å². The molecule has 1 fully saturated rings. The van der Waals surface area contributed by atoms with Gasteiger partial charge in [0.25, 0.3) is 0 Å². The molecular weight excluding hydrogens is 813 g/mol. The van der Waals surface area contributed by atoms with Crippen LogP contribution in [-0.4, -0.2) is 108 Å². The molecule has 370 valence electrons. The van der Waals surface area contributed by atoms with Gasteiger partial charge in [-0.1, -0.05) is 226 Å². The number of aliphatic hydroxyl groups is 7. The van der Waals surface area contributed by atoms with E-state index in [1.165, 1.54) is 154 Å². The summed E-state index contributed by atoms with van der Waals surface area (Å²) < 4.78 is 22.9. The maximum absolute atomic E-state index is 13.1. The molecule has 0 heterocycles. The highest BCUT2D eigenvalue weighted by Crippen LogP contribution is 2.47. The Hall–Kier alpha value is -0.700. The average Bonchev–Trinajstić information content (AvgIpc) is 3.25. The molecule has 0 bridgehead atoms. The largest absolute Gasteiger partial charge is 0.472 e. The molecule has 14 heteroatoms. The fraction of sp³-hybridized carbons (Fsp3) is 0.979. The Labute approximate surface area is 377 Å². The Bertz CT molecular complexity index is 1070. The van der Waals surface area contributed by atoms with Crippen LogP contribution in [0.1, 0.15) is 239 Å². The highest BCUT2D eigenvalue weighted by molar-refractivity contribution is 7.47. The van der Waals surface area contributed by atoms with Crippen LogP contribution < -0.4 is 5.32 Å². The molecule has 0 aromatic rings. The molecule has 62 heavy (non-hydrogen) atoms. The Balaban J connectivity index is 2.43. The summed E-state index contributed by atoms with van der Waals surface area (Å²) >= 11 is 0. The quantitative estimate of drug-likeness (QED) is 0.0206. The van der Waals surface area contributed by atoms with Crippen molar-refractivity contribution in [3.8, 4) is 0 Å². The second kappa shape index (κ2) is 38.4. The van der Waals surface area contributed by atoms with Gasteiger partial charge < -0.3 is 46.0 Å². The van der Waals surface area contributed by atoms with Crippen LogP contribution in [0.3, 0.4) is 0 Å². The van der Waals surface area contributed by atoms with E-state index in [1.54, 1.807) is 0 Å². The number of carbonyl (C=O) groups is 1. The molecule has 1 saturated carbocycles. The third kappa shape index (κ3) is 29.0. The number of phosphoric acid groups is 1. The van der Waals surface area contributed by atoms with E-state index < -0.39 is 75.2 Å². The lowest BCUT2D eigenvalue weighted by atomic mass is 9.85. The van der Waals surface area contributed by atoms with E-state index >= 15 is 0 Å². The molecule has 1 aliphatic carbocycles. The minimum absolute atomic E-state index is 0.225. The van der Waals surface area contributed by atoms with Crippen LogP contribution in [0, 0.1) is 0 Å². The molecule has 13 nitrogen and oxygen atoms in total. The monoisotopic (exact) mass is 910 g/mol. The van der Waals surface area contributed by atoms with Gasteiger partial charge in [0.2, 0.25) is 5.91 Å². The lowest BCUT2D eigenvalue weighted by Crippen LogP contribution is -2.64. The summed E-state index contributed by atoms with van der Waals surface area (Å²) in [5.74, 6) is -0.743. The molecule has 0 aliphatic heterocycles. The molecule has 0 radical (unpaired) electrons. The minimum Gasteiger partial charge on any atom is -0.391 e. The number of hydrogen-bond donors (Lipinski definition) is 9. The fourth-order valence-corrected chi connectivity index (χ4v) is 9.47. The Kier molecular flexibility index (Phi) is 36.7. The highest BCUT2D eigenvalue weighted by Gasteiger charge is 2.51. The summed E-state index contributed by atoms with van der Waals surface area (Å²) in [5, 5.41) is 74.7. The highest BCUT2D eigenvalue weighted by atomic mass is 31.2. The van der Waals surface area contributed by atoms with E-state index in [2.05, 4.69) is 19.2 Å². The van der Waals surface area contributed by atoms with E-state index in [-0.39, 0.29) is 12.8 Å². The summed E-state index contributed by atoms with van der Waals surface area (Å²) in [4.78, 5) is 23.5. The van der Waals surface area contributed by atoms with Gasteiger partial charge in [-0.3, -0.25) is 13.8 Å². The number of carbonyl (C=O) groups excluding carboxylic acids is 1. The molecule has 1 rings (SSSR count). The lowest BCUT2D eigenvalue weighted by molar-refractivity contribution is -0.220. The standard InChI is InChI=1S/C48H96NO12P/c1-3-5-7-9-11-13-15-17-18-19-20-21-22-23-25-27-29-31-33-35-37-41(51)48(57)49-39(40(50)36-34-32-30-28-26-24-16-14-12-10-8-6-4-2)38-60-62(58,59)61-47-45(55)43(53)42(52)44(54)46(47)56/h39-47,50-56H,3-38H2,1-2H3,(H,49,57)(H,58,59)/t39-,40+,41?,42?,43+,44?,45?,46?,47?/m0/s1. The van der Waals surface area contributed by atoms with Crippen LogP contribution in [0.15, 0.2) is 0 Å². The first-order valence-electron chi connectivity index (χ1n) is 25.6. The zero-order valence-electron chi connectivity index (χ0n) is 39.3. The van der Waals surface area contributed by atoms with Gasteiger partial charge in [0, 0.05) is 0 Å².